The normalized spacial score (nSPS) is 13.1. The Morgan fingerprint density at radius 3 is 2.57 bits per heavy atom. The van der Waals surface area contributed by atoms with E-state index in [2.05, 4.69) is 24.4 Å². The van der Waals surface area contributed by atoms with Crippen LogP contribution in [0.15, 0.2) is 48.5 Å². The molecule has 23 heavy (non-hydrogen) atoms. The zero-order valence-electron chi connectivity index (χ0n) is 13.0. The first-order chi connectivity index (χ1) is 11.2. The Morgan fingerprint density at radius 1 is 1.09 bits per heavy atom. The van der Waals surface area contributed by atoms with Crippen molar-refractivity contribution in [1.82, 2.24) is 0 Å². The maximum atomic E-state index is 12.0. The Hall–Kier alpha value is -2.75. The molecule has 0 fully saturated rings. The molecule has 1 heterocycles. The van der Waals surface area contributed by atoms with Crippen LogP contribution in [-0.4, -0.2) is 19.1 Å². The van der Waals surface area contributed by atoms with E-state index in [0.717, 1.165) is 12.0 Å². The van der Waals surface area contributed by atoms with Gasteiger partial charge in [-0.05, 0) is 35.8 Å². The molecule has 3 rings (SSSR count). The van der Waals surface area contributed by atoms with Gasteiger partial charge in [0.1, 0.15) is 13.2 Å². The zero-order chi connectivity index (χ0) is 16.1. The number of rotatable bonds is 4. The summed E-state index contributed by atoms with van der Waals surface area (Å²) in [4.78, 5) is 12.0. The van der Waals surface area contributed by atoms with Crippen molar-refractivity contribution in [1.29, 1.82) is 0 Å². The van der Waals surface area contributed by atoms with Crippen molar-refractivity contribution in [2.75, 3.05) is 18.5 Å². The van der Waals surface area contributed by atoms with Crippen LogP contribution in [0.4, 0.5) is 5.69 Å². The lowest BCUT2D eigenvalue weighted by atomic mass is 10.1. The number of ether oxygens (including phenoxy) is 2. The minimum atomic E-state index is -0.179. The average Bonchev–Trinajstić information content (AvgIpc) is 2.60. The van der Waals surface area contributed by atoms with E-state index in [0.29, 0.717) is 30.4 Å². The first-order valence-corrected chi connectivity index (χ1v) is 7.72. The van der Waals surface area contributed by atoms with E-state index in [-0.39, 0.29) is 5.91 Å². The van der Waals surface area contributed by atoms with Gasteiger partial charge in [-0.25, -0.2) is 0 Å². The fraction of sp³-hybridized carbons (Fsp3) is 0.211. The topological polar surface area (TPSA) is 47.6 Å². The second-order valence-electron chi connectivity index (χ2n) is 5.28. The molecule has 1 amide bonds. The molecular weight excluding hydrogens is 290 g/mol. The molecule has 4 heteroatoms. The standard InChI is InChI=1S/C19H19NO3/c1-2-14-3-5-15(6-4-14)7-10-19(21)20-16-8-9-17-18(13-16)23-12-11-22-17/h3-10,13H,2,11-12H2,1H3,(H,20,21). The largest absolute Gasteiger partial charge is 0.486 e. The van der Waals surface area contributed by atoms with Crippen molar-refractivity contribution in [2.24, 2.45) is 0 Å². The van der Waals surface area contributed by atoms with Gasteiger partial charge in [0, 0.05) is 17.8 Å². The molecule has 1 aliphatic rings. The van der Waals surface area contributed by atoms with Gasteiger partial charge in [0.05, 0.1) is 0 Å². The number of benzene rings is 2. The lowest BCUT2D eigenvalue weighted by molar-refractivity contribution is -0.111. The number of fused-ring (bicyclic) bond motifs is 1. The van der Waals surface area contributed by atoms with E-state index in [9.17, 15) is 4.79 Å². The third-order valence-corrected chi connectivity index (χ3v) is 3.62. The second-order valence-corrected chi connectivity index (χ2v) is 5.28. The molecule has 0 radical (unpaired) electrons. The van der Waals surface area contributed by atoms with Crippen LogP contribution in [0.2, 0.25) is 0 Å². The Labute approximate surface area is 135 Å². The van der Waals surface area contributed by atoms with E-state index in [1.165, 1.54) is 11.6 Å². The molecule has 0 saturated carbocycles. The minimum absolute atomic E-state index is 0.179. The predicted molar refractivity (Wildman–Crippen MR) is 90.9 cm³/mol. The highest BCUT2D eigenvalue weighted by molar-refractivity contribution is 6.02. The minimum Gasteiger partial charge on any atom is -0.486 e. The highest BCUT2D eigenvalue weighted by Gasteiger charge is 2.12. The first kappa shape index (κ1) is 15.2. The Morgan fingerprint density at radius 2 is 1.83 bits per heavy atom. The summed E-state index contributed by atoms with van der Waals surface area (Å²) in [5.74, 6) is 1.19. The summed E-state index contributed by atoms with van der Waals surface area (Å²) in [7, 11) is 0. The van der Waals surface area contributed by atoms with Gasteiger partial charge >= 0.3 is 0 Å². The number of hydrogen-bond acceptors (Lipinski definition) is 3. The molecular formula is C19H19NO3. The van der Waals surface area contributed by atoms with E-state index in [4.69, 9.17) is 9.47 Å². The number of nitrogens with one attached hydrogen (secondary N) is 1. The second kappa shape index (κ2) is 7.01. The number of amides is 1. The summed E-state index contributed by atoms with van der Waals surface area (Å²) < 4.78 is 11.0. The molecule has 2 aromatic carbocycles. The van der Waals surface area contributed by atoms with Crippen molar-refractivity contribution in [3.63, 3.8) is 0 Å². The summed E-state index contributed by atoms with van der Waals surface area (Å²) in [5.41, 5.74) is 2.97. The lowest BCUT2D eigenvalue weighted by Gasteiger charge is -2.18. The fourth-order valence-corrected chi connectivity index (χ4v) is 2.34. The van der Waals surface area contributed by atoms with Crippen molar-refractivity contribution in [2.45, 2.75) is 13.3 Å². The van der Waals surface area contributed by atoms with Crippen LogP contribution in [0, 0.1) is 0 Å². The third kappa shape index (κ3) is 3.92. The van der Waals surface area contributed by atoms with Crippen molar-refractivity contribution < 1.29 is 14.3 Å². The highest BCUT2D eigenvalue weighted by atomic mass is 16.6. The molecule has 0 atom stereocenters. The average molecular weight is 309 g/mol. The molecule has 0 unspecified atom stereocenters. The Kier molecular flexibility index (Phi) is 4.62. The summed E-state index contributed by atoms with van der Waals surface area (Å²) >= 11 is 0. The monoisotopic (exact) mass is 309 g/mol. The highest BCUT2D eigenvalue weighted by Crippen LogP contribution is 2.32. The molecule has 0 aromatic heterocycles. The summed E-state index contributed by atoms with van der Waals surface area (Å²) in [6, 6.07) is 13.5. The van der Waals surface area contributed by atoms with Crippen LogP contribution in [0.5, 0.6) is 11.5 Å². The van der Waals surface area contributed by atoms with Gasteiger partial charge < -0.3 is 14.8 Å². The van der Waals surface area contributed by atoms with Gasteiger partial charge in [0.2, 0.25) is 5.91 Å². The van der Waals surface area contributed by atoms with Crippen LogP contribution < -0.4 is 14.8 Å². The molecule has 2 aromatic rings. The van der Waals surface area contributed by atoms with Gasteiger partial charge in [-0.15, -0.1) is 0 Å². The molecule has 0 bridgehead atoms. The number of anilines is 1. The molecule has 0 saturated heterocycles. The number of aryl methyl sites for hydroxylation is 1. The predicted octanol–water partition coefficient (Wildman–Crippen LogP) is 3.67. The maximum absolute atomic E-state index is 12.0. The van der Waals surface area contributed by atoms with E-state index in [1.54, 1.807) is 24.3 Å². The molecule has 0 aliphatic carbocycles. The maximum Gasteiger partial charge on any atom is 0.248 e. The lowest BCUT2D eigenvalue weighted by Crippen LogP contribution is -2.16. The SMILES string of the molecule is CCc1ccc(C=CC(=O)Nc2ccc3c(c2)OCCO3)cc1. The third-order valence-electron chi connectivity index (χ3n) is 3.62. The molecule has 118 valence electrons. The van der Waals surface area contributed by atoms with Gasteiger partial charge in [-0.2, -0.15) is 0 Å². The Balaban J connectivity index is 1.63. The molecule has 4 nitrogen and oxygen atoms in total. The van der Waals surface area contributed by atoms with E-state index < -0.39 is 0 Å². The van der Waals surface area contributed by atoms with E-state index in [1.807, 2.05) is 12.1 Å². The van der Waals surface area contributed by atoms with Crippen molar-refractivity contribution in [3.05, 3.63) is 59.7 Å². The molecule has 1 aliphatic heterocycles. The smallest absolute Gasteiger partial charge is 0.248 e. The van der Waals surface area contributed by atoms with Crippen LogP contribution in [0.3, 0.4) is 0 Å². The molecule has 0 spiro atoms. The van der Waals surface area contributed by atoms with Gasteiger partial charge in [-0.1, -0.05) is 31.2 Å². The first-order valence-electron chi connectivity index (χ1n) is 7.72. The number of carbonyl (C=O) groups excluding carboxylic acids is 1. The van der Waals surface area contributed by atoms with E-state index >= 15 is 0 Å². The van der Waals surface area contributed by atoms with Crippen LogP contribution in [-0.2, 0) is 11.2 Å². The fourth-order valence-electron chi connectivity index (χ4n) is 2.34. The van der Waals surface area contributed by atoms with Crippen molar-refractivity contribution >= 4 is 17.7 Å². The van der Waals surface area contributed by atoms with Gasteiger partial charge in [0.25, 0.3) is 0 Å². The summed E-state index contributed by atoms with van der Waals surface area (Å²) in [5, 5.41) is 2.82. The van der Waals surface area contributed by atoms with Crippen molar-refractivity contribution in [3.8, 4) is 11.5 Å². The van der Waals surface area contributed by atoms with Crippen LogP contribution in [0.1, 0.15) is 18.1 Å². The number of hydrogen-bond donors (Lipinski definition) is 1. The summed E-state index contributed by atoms with van der Waals surface area (Å²) in [6.45, 7) is 3.20. The van der Waals surface area contributed by atoms with Gasteiger partial charge in [0.15, 0.2) is 11.5 Å². The summed E-state index contributed by atoms with van der Waals surface area (Å²) in [6.07, 6.45) is 4.33. The van der Waals surface area contributed by atoms with Gasteiger partial charge in [-0.3, -0.25) is 4.79 Å². The molecule has 1 N–H and O–H groups in total. The quantitative estimate of drug-likeness (QED) is 0.877. The van der Waals surface area contributed by atoms with Crippen LogP contribution >= 0.6 is 0 Å². The van der Waals surface area contributed by atoms with Crippen LogP contribution in [0.25, 0.3) is 6.08 Å². The zero-order valence-corrected chi connectivity index (χ0v) is 13.0. The number of carbonyl (C=O) groups is 1. The Bertz CT molecular complexity index is 720.